The minimum absolute atomic E-state index is 0.129. The standard InChI is InChI=1S/C17H32N2S/c1-5-6-7-8-11-17(3,14-18)19(4)15(2)13-16-10-9-12-20-16/h9-10,12,15H,5-8,11,13-14,18H2,1-4H3. The van der Waals surface area contributed by atoms with E-state index in [1.165, 1.54) is 37.0 Å². The van der Waals surface area contributed by atoms with Crippen LogP contribution in [0.5, 0.6) is 0 Å². The number of rotatable bonds is 10. The van der Waals surface area contributed by atoms with Gasteiger partial charge in [0.15, 0.2) is 0 Å². The molecule has 0 aliphatic heterocycles. The van der Waals surface area contributed by atoms with E-state index in [-0.39, 0.29) is 5.54 Å². The van der Waals surface area contributed by atoms with E-state index >= 15 is 0 Å². The first kappa shape index (κ1) is 17.7. The van der Waals surface area contributed by atoms with Gasteiger partial charge in [0.1, 0.15) is 0 Å². The third-order valence-corrected chi connectivity index (χ3v) is 5.50. The average molecular weight is 297 g/mol. The van der Waals surface area contributed by atoms with Gasteiger partial charge >= 0.3 is 0 Å². The van der Waals surface area contributed by atoms with Crippen molar-refractivity contribution in [3.63, 3.8) is 0 Å². The van der Waals surface area contributed by atoms with Gasteiger partial charge in [-0.3, -0.25) is 4.90 Å². The Labute approximate surface area is 129 Å². The Kier molecular flexibility index (Phi) is 7.78. The number of unbranched alkanes of at least 4 members (excludes halogenated alkanes) is 3. The Morgan fingerprint density at radius 3 is 2.65 bits per heavy atom. The predicted molar refractivity (Wildman–Crippen MR) is 91.5 cm³/mol. The lowest BCUT2D eigenvalue weighted by molar-refractivity contribution is 0.0895. The Bertz CT molecular complexity index is 350. The van der Waals surface area contributed by atoms with E-state index in [1.807, 2.05) is 11.3 Å². The summed E-state index contributed by atoms with van der Waals surface area (Å²) >= 11 is 1.85. The van der Waals surface area contributed by atoms with Crippen molar-refractivity contribution < 1.29 is 0 Å². The molecule has 2 atom stereocenters. The maximum atomic E-state index is 6.09. The van der Waals surface area contributed by atoms with E-state index in [1.54, 1.807) is 0 Å². The molecule has 0 amide bonds. The molecule has 1 aromatic heterocycles. The van der Waals surface area contributed by atoms with Crippen LogP contribution in [0.2, 0.25) is 0 Å². The van der Waals surface area contributed by atoms with Gasteiger partial charge in [-0.05, 0) is 45.2 Å². The number of hydrogen-bond donors (Lipinski definition) is 1. The third-order valence-electron chi connectivity index (χ3n) is 4.60. The zero-order chi connectivity index (χ0) is 15.0. The van der Waals surface area contributed by atoms with Crippen molar-refractivity contribution in [2.45, 2.75) is 70.9 Å². The SMILES string of the molecule is CCCCCCC(C)(CN)N(C)C(C)Cc1cccs1. The molecule has 20 heavy (non-hydrogen) atoms. The number of hydrogen-bond acceptors (Lipinski definition) is 3. The summed E-state index contributed by atoms with van der Waals surface area (Å²) in [4.78, 5) is 3.97. The van der Waals surface area contributed by atoms with Gasteiger partial charge in [0.25, 0.3) is 0 Å². The van der Waals surface area contributed by atoms with Gasteiger partial charge in [-0.1, -0.05) is 38.7 Å². The fraction of sp³-hybridized carbons (Fsp3) is 0.765. The molecule has 1 rings (SSSR count). The van der Waals surface area contributed by atoms with Crippen molar-refractivity contribution in [2.24, 2.45) is 5.73 Å². The molecule has 0 saturated carbocycles. The molecule has 0 radical (unpaired) electrons. The first-order chi connectivity index (χ1) is 9.53. The smallest absolute Gasteiger partial charge is 0.0303 e. The molecule has 1 heterocycles. The average Bonchev–Trinajstić information content (AvgIpc) is 2.95. The molecule has 0 bridgehead atoms. The van der Waals surface area contributed by atoms with E-state index in [0.29, 0.717) is 6.04 Å². The molecular formula is C17H32N2S. The molecular weight excluding hydrogens is 264 g/mol. The summed E-state index contributed by atoms with van der Waals surface area (Å²) in [5, 5.41) is 2.16. The van der Waals surface area contributed by atoms with Crippen molar-refractivity contribution in [1.29, 1.82) is 0 Å². The molecule has 0 fully saturated rings. The second-order valence-electron chi connectivity index (χ2n) is 6.26. The van der Waals surface area contributed by atoms with E-state index in [0.717, 1.165) is 13.0 Å². The van der Waals surface area contributed by atoms with E-state index < -0.39 is 0 Å². The summed E-state index contributed by atoms with van der Waals surface area (Å²) < 4.78 is 0. The molecule has 1 aromatic rings. The second kappa shape index (κ2) is 8.81. The number of thiophene rings is 1. The zero-order valence-electron chi connectivity index (χ0n) is 13.7. The molecule has 3 heteroatoms. The highest BCUT2D eigenvalue weighted by atomic mass is 32.1. The fourth-order valence-electron chi connectivity index (χ4n) is 2.74. The molecule has 0 aliphatic rings. The van der Waals surface area contributed by atoms with Crippen LogP contribution in [-0.2, 0) is 6.42 Å². The van der Waals surface area contributed by atoms with Crippen LogP contribution in [0.25, 0.3) is 0 Å². The van der Waals surface area contributed by atoms with Crippen LogP contribution in [0.4, 0.5) is 0 Å². The predicted octanol–water partition coefficient (Wildman–Crippen LogP) is 4.30. The fourth-order valence-corrected chi connectivity index (χ4v) is 3.57. The van der Waals surface area contributed by atoms with Crippen LogP contribution in [0.15, 0.2) is 17.5 Å². The van der Waals surface area contributed by atoms with Crippen LogP contribution in [0.1, 0.15) is 57.8 Å². The second-order valence-corrected chi connectivity index (χ2v) is 7.29. The molecule has 0 aliphatic carbocycles. The van der Waals surface area contributed by atoms with Crippen molar-refractivity contribution in [3.8, 4) is 0 Å². The first-order valence-corrected chi connectivity index (χ1v) is 8.87. The summed E-state index contributed by atoms with van der Waals surface area (Å²) in [5.74, 6) is 0. The minimum Gasteiger partial charge on any atom is -0.329 e. The lowest BCUT2D eigenvalue weighted by Gasteiger charge is -2.42. The molecule has 2 N–H and O–H groups in total. The van der Waals surface area contributed by atoms with Gasteiger partial charge in [0.05, 0.1) is 0 Å². The lowest BCUT2D eigenvalue weighted by atomic mass is 9.90. The van der Waals surface area contributed by atoms with Gasteiger partial charge in [-0.25, -0.2) is 0 Å². The Balaban J connectivity index is 2.52. The van der Waals surface area contributed by atoms with Crippen molar-refractivity contribution in [1.82, 2.24) is 4.90 Å². The maximum absolute atomic E-state index is 6.09. The minimum atomic E-state index is 0.129. The molecule has 0 aromatic carbocycles. The van der Waals surface area contributed by atoms with Gasteiger partial charge in [-0.15, -0.1) is 11.3 Å². The zero-order valence-corrected chi connectivity index (χ0v) is 14.5. The monoisotopic (exact) mass is 296 g/mol. The van der Waals surface area contributed by atoms with E-state index in [4.69, 9.17) is 5.73 Å². The number of likely N-dealkylation sites (N-methyl/N-ethyl adjacent to an activating group) is 1. The highest BCUT2D eigenvalue weighted by Crippen LogP contribution is 2.25. The van der Waals surface area contributed by atoms with Crippen LogP contribution in [0, 0.1) is 0 Å². The molecule has 0 saturated heterocycles. The molecule has 0 spiro atoms. The summed E-state index contributed by atoms with van der Waals surface area (Å²) in [6.07, 6.45) is 7.59. The lowest BCUT2D eigenvalue weighted by Crippen LogP contribution is -2.53. The van der Waals surface area contributed by atoms with E-state index in [2.05, 4.69) is 50.2 Å². The molecule has 2 nitrogen and oxygen atoms in total. The van der Waals surface area contributed by atoms with Crippen molar-refractivity contribution in [2.75, 3.05) is 13.6 Å². The summed E-state index contributed by atoms with van der Waals surface area (Å²) in [6, 6.07) is 4.91. The Morgan fingerprint density at radius 2 is 2.10 bits per heavy atom. The Morgan fingerprint density at radius 1 is 1.35 bits per heavy atom. The topological polar surface area (TPSA) is 29.3 Å². The van der Waals surface area contributed by atoms with Gasteiger partial charge < -0.3 is 5.73 Å². The Hall–Kier alpha value is -0.380. The van der Waals surface area contributed by atoms with Crippen molar-refractivity contribution in [3.05, 3.63) is 22.4 Å². The van der Waals surface area contributed by atoms with Crippen LogP contribution >= 0.6 is 11.3 Å². The number of nitrogens with zero attached hydrogens (tertiary/aromatic N) is 1. The molecule has 116 valence electrons. The normalized spacial score (nSPS) is 16.3. The highest BCUT2D eigenvalue weighted by Gasteiger charge is 2.30. The van der Waals surface area contributed by atoms with Gasteiger partial charge in [-0.2, -0.15) is 0 Å². The first-order valence-electron chi connectivity index (χ1n) is 7.99. The quantitative estimate of drug-likeness (QED) is 0.652. The largest absolute Gasteiger partial charge is 0.329 e. The van der Waals surface area contributed by atoms with Crippen LogP contribution in [0.3, 0.4) is 0 Å². The summed E-state index contributed by atoms with van der Waals surface area (Å²) in [6.45, 7) is 7.64. The van der Waals surface area contributed by atoms with E-state index in [9.17, 15) is 0 Å². The molecule has 2 unspecified atom stereocenters. The summed E-state index contributed by atoms with van der Waals surface area (Å²) in [7, 11) is 2.24. The van der Waals surface area contributed by atoms with Crippen molar-refractivity contribution >= 4 is 11.3 Å². The van der Waals surface area contributed by atoms with Gasteiger partial charge in [0, 0.05) is 23.0 Å². The third kappa shape index (κ3) is 5.19. The highest BCUT2D eigenvalue weighted by molar-refractivity contribution is 7.09. The summed E-state index contributed by atoms with van der Waals surface area (Å²) in [5.41, 5.74) is 6.22. The van der Waals surface area contributed by atoms with Gasteiger partial charge in [0.2, 0.25) is 0 Å². The van der Waals surface area contributed by atoms with Crippen LogP contribution < -0.4 is 5.73 Å². The number of nitrogens with two attached hydrogens (primary N) is 1. The maximum Gasteiger partial charge on any atom is 0.0303 e. The van der Waals surface area contributed by atoms with Crippen LogP contribution in [-0.4, -0.2) is 30.1 Å².